The average molecular weight is 326 g/mol. The molecule has 7 nitrogen and oxygen atoms in total. The van der Waals surface area contributed by atoms with Crippen LogP contribution in [0.1, 0.15) is 47.9 Å². The van der Waals surface area contributed by atoms with Crippen molar-refractivity contribution >= 4 is 11.7 Å². The van der Waals surface area contributed by atoms with Gasteiger partial charge in [-0.1, -0.05) is 0 Å². The number of rotatable bonds is 4. The van der Waals surface area contributed by atoms with Crippen LogP contribution in [-0.4, -0.2) is 44.6 Å². The van der Waals surface area contributed by atoms with Gasteiger partial charge in [0.15, 0.2) is 0 Å². The molecule has 24 heavy (non-hydrogen) atoms. The summed E-state index contributed by atoms with van der Waals surface area (Å²) in [6, 6.07) is 2.19. The molecule has 1 aliphatic carbocycles. The number of aryl methyl sites for hydroxylation is 1. The van der Waals surface area contributed by atoms with Crippen molar-refractivity contribution in [1.29, 1.82) is 0 Å². The first-order valence-corrected chi connectivity index (χ1v) is 8.56. The third-order valence-corrected chi connectivity index (χ3v) is 4.81. The quantitative estimate of drug-likeness (QED) is 0.921. The molecule has 1 N–H and O–H groups in total. The minimum absolute atomic E-state index is 0.0495. The fraction of sp³-hybridized carbons (Fsp3) is 0.529. The Morgan fingerprint density at radius 2 is 2.04 bits per heavy atom. The lowest BCUT2D eigenvalue weighted by Crippen LogP contribution is -2.45. The van der Waals surface area contributed by atoms with Gasteiger partial charge in [0.1, 0.15) is 17.3 Å². The van der Waals surface area contributed by atoms with Gasteiger partial charge in [-0.2, -0.15) is 0 Å². The lowest BCUT2D eigenvalue weighted by Gasteiger charge is -2.33. The van der Waals surface area contributed by atoms with E-state index in [1.54, 1.807) is 17.1 Å². The van der Waals surface area contributed by atoms with Crippen molar-refractivity contribution in [2.45, 2.75) is 37.6 Å². The van der Waals surface area contributed by atoms with Crippen LogP contribution in [0.15, 0.2) is 24.8 Å². The van der Waals surface area contributed by atoms with Crippen LogP contribution in [0.4, 0.5) is 5.82 Å². The van der Waals surface area contributed by atoms with Crippen molar-refractivity contribution < 1.29 is 4.79 Å². The predicted molar refractivity (Wildman–Crippen MR) is 89.9 cm³/mol. The fourth-order valence-corrected chi connectivity index (χ4v) is 3.17. The van der Waals surface area contributed by atoms with Crippen molar-refractivity contribution in [1.82, 2.24) is 24.8 Å². The van der Waals surface area contributed by atoms with Crippen LogP contribution in [0.5, 0.6) is 0 Å². The normalized spacial score (nSPS) is 18.6. The van der Waals surface area contributed by atoms with Crippen molar-refractivity contribution in [3.05, 3.63) is 36.3 Å². The number of amides is 1. The van der Waals surface area contributed by atoms with E-state index in [4.69, 9.17) is 4.98 Å². The van der Waals surface area contributed by atoms with Crippen LogP contribution < -0.4 is 10.2 Å². The highest BCUT2D eigenvalue weighted by Gasteiger charge is 2.28. The van der Waals surface area contributed by atoms with Gasteiger partial charge in [-0.05, 0) is 31.7 Å². The molecule has 0 spiro atoms. The summed E-state index contributed by atoms with van der Waals surface area (Å²) in [6.45, 7) is 1.80. The summed E-state index contributed by atoms with van der Waals surface area (Å²) in [5.74, 6) is 2.52. The van der Waals surface area contributed by atoms with E-state index in [9.17, 15) is 4.79 Å². The number of aromatic nitrogens is 4. The molecule has 0 radical (unpaired) electrons. The number of anilines is 1. The molecule has 0 bridgehead atoms. The Balaban J connectivity index is 1.34. The molecule has 2 aromatic rings. The lowest BCUT2D eigenvalue weighted by atomic mass is 10.0. The molecular weight excluding hydrogens is 304 g/mol. The summed E-state index contributed by atoms with van der Waals surface area (Å²) in [7, 11) is 1.83. The van der Waals surface area contributed by atoms with Crippen molar-refractivity contribution in [3.63, 3.8) is 0 Å². The van der Waals surface area contributed by atoms with Gasteiger partial charge in [0.25, 0.3) is 5.91 Å². The Labute approximate surface area is 141 Å². The molecule has 1 saturated heterocycles. The van der Waals surface area contributed by atoms with E-state index in [1.807, 2.05) is 19.3 Å². The van der Waals surface area contributed by atoms with E-state index in [0.29, 0.717) is 11.6 Å². The Morgan fingerprint density at radius 1 is 1.25 bits per heavy atom. The summed E-state index contributed by atoms with van der Waals surface area (Å²) in [5, 5.41) is 3.11. The van der Waals surface area contributed by atoms with E-state index in [1.165, 1.54) is 12.8 Å². The van der Waals surface area contributed by atoms with Gasteiger partial charge < -0.3 is 14.8 Å². The van der Waals surface area contributed by atoms with Gasteiger partial charge in [0.05, 0.1) is 12.5 Å². The van der Waals surface area contributed by atoms with Crippen LogP contribution in [0.2, 0.25) is 0 Å². The van der Waals surface area contributed by atoms with Crippen molar-refractivity contribution in [2.24, 2.45) is 7.05 Å². The Bertz CT molecular complexity index is 730. The monoisotopic (exact) mass is 326 g/mol. The van der Waals surface area contributed by atoms with E-state index >= 15 is 0 Å². The average Bonchev–Trinajstić information content (AvgIpc) is 3.37. The molecule has 126 valence electrons. The molecular formula is C17H22N6O. The van der Waals surface area contributed by atoms with Gasteiger partial charge in [-0.3, -0.25) is 4.79 Å². The number of carbonyl (C=O) groups is 1. The van der Waals surface area contributed by atoms with Crippen molar-refractivity contribution in [2.75, 3.05) is 18.0 Å². The molecule has 0 atom stereocenters. The maximum absolute atomic E-state index is 12.3. The SMILES string of the molecule is Cn1cncc1C(=O)NC1CCN(c2ccnc(C3CC3)n2)CC1. The summed E-state index contributed by atoms with van der Waals surface area (Å²) in [6.07, 6.45) is 9.39. The second-order valence-electron chi connectivity index (χ2n) is 6.67. The molecule has 2 aromatic heterocycles. The Morgan fingerprint density at radius 3 is 2.71 bits per heavy atom. The minimum Gasteiger partial charge on any atom is -0.356 e. The molecule has 1 aliphatic heterocycles. The molecule has 7 heteroatoms. The Hall–Kier alpha value is -2.44. The van der Waals surface area contributed by atoms with Crippen molar-refractivity contribution in [3.8, 4) is 0 Å². The molecule has 2 aliphatic rings. The maximum Gasteiger partial charge on any atom is 0.269 e. The molecule has 1 amide bonds. The zero-order chi connectivity index (χ0) is 16.5. The molecule has 4 rings (SSSR count). The van der Waals surface area contributed by atoms with Gasteiger partial charge in [0, 0.05) is 38.3 Å². The lowest BCUT2D eigenvalue weighted by molar-refractivity contribution is 0.0923. The molecule has 2 fully saturated rings. The smallest absolute Gasteiger partial charge is 0.269 e. The molecule has 1 saturated carbocycles. The highest BCUT2D eigenvalue weighted by atomic mass is 16.2. The predicted octanol–water partition coefficient (Wildman–Crippen LogP) is 1.49. The maximum atomic E-state index is 12.3. The van der Waals surface area contributed by atoms with Gasteiger partial charge in [-0.25, -0.2) is 15.0 Å². The van der Waals surface area contributed by atoms with Crippen LogP contribution in [0, 0.1) is 0 Å². The number of piperidine rings is 1. The molecule has 3 heterocycles. The first kappa shape index (κ1) is 15.1. The van der Waals surface area contributed by atoms with Gasteiger partial charge >= 0.3 is 0 Å². The summed E-state index contributed by atoms with van der Waals surface area (Å²) >= 11 is 0. The van der Waals surface area contributed by atoms with E-state index in [2.05, 4.69) is 20.2 Å². The number of hydrogen-bond acceptors (Lipinski definition) is 5. The van der Waals surface area contributed by atoms with E-state index in [-0.39, 0.29) is 11.9 Å². The Kier molecular flexibility index (Phi) is 3.92. The third kappa shape index (κ3) is 3.11. The fourth-order valence-electron chi connectivity index (χ4n) is 3.17. The topological polar surface area (TPSA) is 75.9 Å². The number of nitrogens with one attached hydrogen (secondary N) is 1. The number of imidazole rings is 1. The third-order valence-electron chi connectivity index (χ3n) is 4.81. The number of carbonyl (C=O) groups excluding carboxylic acids is 1. The number of hydrogen-bond donors (Lipinski definition) is 1. The van der Waals surface area contributed by atoms with Crippen LogP contribution >= 0.6 is 0 Å². The number of nitrogens with zero attached hydrogens (tertiary/aromatic N) is 5. The summed E-state index contributed by atoms with van der Waals surface area (Å²) < 4.78 is 1.74. The minimum atomic E-state index is -0.0495. The highest BCUT2D eigenvalue weighted by Crippen LogP contribution is 2.38. The standard InChI is InChI=1S/C17H22N6O/c1-22-11-18-10-14(22)17(24)20-13-5-8-23(9-6-13)15-4-7-19-16(21-15)12-2-3-12/h4,7,10-13H,2-3,5-6,8-9H2,1H3,(H,20,24). The zero-order valence-corrected chi connectivity index (χ0v) is 13.9. The first-order chi connectivity index (χ1) is 11.7. The summed E-state index contributed by atoms with van der Waals surface area (Å²) in [4.78, 5) is 27.7. The van der Waals surface area contributed by atoms with Gasteiger partial charge in [0.2, 0.25) is 0 Å². The first-order valence-electron chi connectivity index (χ1n) is 8.56. The molecule has 0 unspecified atom stereocenters. The zero-order valence-electron chi connectivity index (χ0n) is 13.9. The second-order valence-corrected chi connectivity index (χ2v) is 6.67. The molecule has 0 aromatic carbocycles. The van der Waals surface area contributed by atoms with Crippen LogP contribution in [-0.2, 0) is 7.05 Å². The second kappa shape index (κ2) is 6.22. The van der Waals surface area contributed by atoms with Gasteiger partial charge in [-0.15, -0.1) is 0 Å². The largest absolute Gasteiger partial charge is 0.356 e. The van der Waals surface area contributed by atoms with Crippen LogP contribution in [0.25, 0.3) is 0 Å². The van der Waals surface area contributed by atoms with E-state index < -0.39 is 0 Å². The summed E-state index contributed by atoms with van der Waals surface area (Å²) in [5.41, 5.74) is 0.599. The van der Waals surface area contributed by atoms with E-state index in [0.717, 1.165) is 37.6 Å². The van der Waals surface area contributed by atoms with Crippen LogP contribution in [0.3, 0.4) is 0 Å². The highest BCUT2D eigenvalue weighted by molar-refractivity contribution is 5.92.